The van der Waals surface area contributed by atoms with Crippen LogP contribution < -0.4 is 10.6 Å². The molecular formula is C14H26N4O. The van der Waals surface area contributed by atoms with Crippen molar-refractivity contribution in [3.8, 4) is 0 Å². The van der Waals surface area contributed by atoms with Gasteiger partial charge in [-0.3, -0.25) is 4.79 Å². The summed E-state index contributed by atoms with van der Waals surface area (Å²) in [6, 6.07) is 0.413. The van der Waals surface area contributed by atoms with Gasteiger partial charge in [-0.15, -0.1) is 0 Å². The van der Waals surface area contributed by atoms with E-state index in [1.54, 1.807) is 0 Å². The molecule has 0 spiro atoms. The van der Waals surface area contributed by atoms with Gasteiger partial charge in [0, 0.05) is 25.7 Å². The van der Waals surface area contributed by atoms with E-state index < -0.39 is 0 Å². The lowest BCUT2D eigenvalue weighted by Gasteiger charge is -2.23. The number of aliphatic imine (C=N–C) groups is 1. The molecule has 2 fully saturated rings. The zero-order valence-electron chi connectivity index (χ0n) is 12.3. The quantitative estimate of drug-likeness (QED) is 0.589. The third-order valence-electron chi connectivity index (χ3n) is 3.63. The maximum absolute atomic E-state index is 11.7. The van der Waals surface area contributed by atoms with Crippen LogP contribution in [0.1, 0.15) is 40.0 Å². The van der Waals surface area contributed by atoms with E-state index in [1.807, 2.05) is 0 Å². The zero-order valence-corrected chi connectivity index (χ0v) is 12.3. The van der Waals surface area contributed by atoms with Crippen LogP contribution in [-0.2, 0) is 4.79 Å². The predicted octanol–water partition coefficient (Wildman–Crippen LogP) is 0.962. The first-order valence-corrected chi connectivity index (χ1v) is 7.33. The van der Waals surface area contributed by atoms with Crippen molar-refractivity contribution in [1.29, 1.82) is 0 Å². The number of carbonyl (C=O) groups is 1. The first kappa shape index (κ1) is 14.2. The van der Waals surface area contributed by atoms with Crippen molar-refractivity contribution in [2.75, 3.05) is 26.2 Å². The Bertz CT molecular complexity index is 360. The Kier molecular flexibility index (Phi) is 4.32. The second-order valence-corrected chi connectivity index (χ2v) is 6.35. The number of likely N-dealkylation sites (tertiary alicyclic amines) is 1. The molecule has 0 unspecified atom stereocenters. The molecule has 0 bridgehead atoms. The van der Waals surface area contributed by atoms with Crippen molar-refractivity contribution in [2.24, 2.45) is 10.4 Å². The number of nitrogens with zero attached hydrogens (tertiary/aromatic N) is 2. The fourth-order valence-electron chi connectivity index (χ4n) is 2.37. The molecule has 2 N–H and O–H groups in total. The molecule has 19 heavy (non-hydrogen) atoms. The Labute approximate surface area is 115 Å². The third kappa shape index (κ3) is 4.40. The monoisotopic (exact) mass is 266 g/mol. The summed E-state index contributed by atoms with van der Waals surface area (Å²) in [6.45, 7) is 9.69. The lowest BCUT2D eigenvalue weighted by Crippen LogP contribution is -2.41. The van der Waals surface area contributed by atoms with Crippen molar-refractivity contribution in [1.82, 2.24) is 15.5 Å². The van der Waals surface area contributed by atoms with Crippen LogP contribution in [0.5, 0.6) is 0 Å². The van der Waals surface area contributed by atoms with Crippen LogP contribution in [0.25, 0.3) is 0 Å². The number of guanidine groups is 1. The van der Waals surface area contributed by atoms with Crippen LogP contribution in [0, 0.1) is 5.41 Å². The van der Waals surface area contributed by atoms with Crippen molar-refractivity contribution in [2.45, 2.75) is 46.1 Å². The number of rotatable bonds is 4. The Morgan fingerprint density at radius 1 is 1.42 bits per heavy atom. The summed E-state index contributed by atoms with van der Waals surface area (Å²) in [5.41, 5.74) is 0.340. The van der Waals surface area contributed by atoms with Gasteiger partial charge in [0.25, 0.3) is 0 Å². The van der Waals surface area contributed by atoms with E-state index in [1.165, 1.54) is 6.42 Å². The van der Waals surface area contributed by atoms with Crippen LogP contribution in [0.2, 0.25) is 0 Å². The first-order valence-electron chi connectivity index (χ1n) is 7.33. The number of hydrogen-bond acceptors (Lipinski definition) is 2. The smallest absolute Gasteiger partial charge is 0.242 e. The van der Waals surface area contributed by atoms with Crippen molar-refractivity contribution in [3.05, 3.63) is 0 Å². The summed E-state index contributed by atoms with van der Waals surface area (Å²) >= 11 is 0. The Balaban J connectivity index is 1.88. The van der Waals surface area contributed by atoms with E-state index in [0.29, 0.717) is 11.5 Å². The minimum Gasteiger partial charge on any atom is -0.357 e. The SMILES string of the molecule is CCNC(=NCC(=O)NC1CC1)N1CCC(C)(C)C1. The van der Waals surface area contributed by atoms with Gasteiger partial charge in [-0.2, -0.15) is 0 Å². The summed E-state index contributed by atoms with van der Waals surface area (Å²) in [6.07, 6.45) is 3.41. The van der Waals surface area contributed by atoms with Gasteiger partial charge in [0.15, 0.2) is 5.96 Å². The molecule has 5 heteroatoms. The van der Waals surface area contributed by atoms with Crippen molar-refractivity contribution < 1.29 is 4.79 Å². The molecule has 2 aliphatic rings. The second kappa shape index (κ2) is 5.80. The first-order chi connectivity index (χ1) is 9.00. The summed E-state index contributed by atoms with van der Waals surface area (Å²) in [4.78, 5) is 18.4. The average molecular weight is 266 g/mol. The van der Waals surface area contributed by atoms with Gasteiger partial charge in [0.05, 0.1) is 0 Å². The number of hydrogen-bond donors (Lipinski definition) is 2. The molecule has 0 radical (unpaired) electrons. The molecule has 5 nitrogen and oxygen atoms in total. The minimum absolute atomic E-state index is 0.0383. The predicted molar refractivity (Wildman–Crippen MR) is 77.1 cm³/mol. The molecule has 1 saturated heterocycles. The Morgan fingerprint density at radius 3 is 2.68 bits per heavy atom. The van der Waals surface area contributed by atoms with E-state index in [2.05, 4.69) is 41.3 Å². The van der Waals surface area contributed by atoms with E-state index in [9.17, 15) is 4.79 Å². The highest BCUT2D eigenvalue weighted by atomic mass is 16.2. The molecule has 1 heterocycles. The van der Waals surface area contributed by atoms with E-state index in [4.69, 9.17) is 0 Å². The van der Waals surface area contributed by atoms with Gasteiger partial charge in [0.1, 0.15) is 6.54 Å². The summed E-state index contributed by atoms with van der Waals surface area (Å²) in [5.74, 6) is 0.912. The maximum atomic E-state index is 11.7. The largest absolute Gasteiger partial charge is 0.357 e. The average Bonchev–Trinajstić information content (AvgIpc) is 3.07. The molecule has 0 aromatic rings. The molecule has 0 aromatic carbocycles. The fraction of sp³-hybridized carbons (Fsp3) is 0.857. The molecule has 1 aliphatic carbocycles. The van der Waals surface area contributed by atoms with Crippen LogP contribution >= 0.6 is 0 Å². The highest BCUT2D eigenvalue weighted by Crippen LogP contribution is 2.28. The highest BCUT2D eigenvalue weighted by Gasteiger charge is 2.31. The summed E-state index contributed by atoms with van der Waals surface area (Å²) in [5, 5.41) is 6.25. The van der Waals surface area contributed by atoms with Gasteiger partial charge in [-0.1, -0.05) is 13.8 Å². The number of nitrogens with one attached hydrogen (secondary N) is 2. The lowest BCUT2D eigenvalue weighted by molar-refractivity contribution is -0.119. The van der Waals surface area contributed by atoms with E-state index >= 15 is 0 Å². The fourth-order valence-corrected chi connectivity index (χ4v) is 2.37. The molecule has 1 saturated carbocycles. The zero-order chi connectivity index (χ0) is 13.9. The third-order valence-corrected chi connectivity index (χ3v) is 3.63. The van der Waals surface area contributed by atoms with Crippen LogP contribution in [0.3, 0.4) is 0 Å². The molecule has 0 atom stereocenters. The van der Waals surface area contributed by atoms with Crippen LogP contribution in [-0.4, -0.2) is 49.0 Å². The molecule has 108 valence electrons. The molecular weight excluding hydrogens is 240 g/mol. The molecule has 1 aliphatic heterocycles. The van der Waals surface area contributed by atoms with Crippen LogP contribution in [0.4, 0.5) is 0 Å². The van der Waals surface area contributed by atoms with Crippen LogP contribution in [0.15, 0.2) is 4.99 Å². The molecule has 0 aromatic heterocycles. The van der Waals surface area contributed by atoms with Gasteiger partial charge in [-0.05, 0) is 31.6 Å². The lowest BCUT2D eigenvalue weighted by atomic mass is 9.93. The number of amides is 1. The second-order valence-electron chi connectivity index (χ2n) is 6.35. The Hall–Kier alpha value is -1.26. The van der Waals surface area contributed by atoms with Gasteiger partial charge in [0.2, 0.25) is 5.91 Å². The van der Waals surface area contributed by atoms with Crippen molar-refractivity contribution in [3.63, 3.8) is 0 Å². The topological polar surface area (TPSA) is 56.7 Å². The minimum atomic E-state index is 0.0383. The summed E-state index contributed by atoms with van der Waals surface area (Å²) < 4.78 is 0. The number of carbonyl (C=O) groups excluding carboxylic acids is 1. The van der Waals surface area contributed by atoms with Gasteiger partial charge < -0.3 is 15.5 Å². The summed E-state index contributed by atoms with van der Waals surface area (Å²) in [7, 11) is 0. The van der Waals surface area contributed by atoms with Crippen molar-refractivity contribution >= 4 is 11.9 Å². The highest BCUT2D eigenvalue weighted by molar-refractivity contribution is 5.85. The Morgan fingerprint density at radius 2 is 2.16 bits per heavy atom. The normalized spacial score (nSPS) is 22.5. The van der Waals surface area contributed by atoms with Gasteiger partial charge in [-0.25, -0.2) is 4.99 Å². The standard InChI is InChI=1S/C14H26N4O/c1-4-15-13(18-8-7-14(2,3)10-18)16-9-12(19)17-11-5-6-11/h11H,4-10H2,1-3H3,(H,15,16)(H,17,19). The maximum Gasteiger partial charge on any atom is 0.242 e. The van der Waals surface area contributed by atoms with E-state index in [0.717, 1.165) is 38.4 Å². The van der Waals surface area contributed by atoms with E-state index in [-0.39, 0.29) is 12.5 Å². The molecule has 2 rings (SSSR count). The van der Waals surface area contributed by atoms with Gasteiger partial charge >= 0.3 is 0 Å². The molecule has 1 amide bonds.